The molecule has 5 aromatic rings. The van der Waals surface area contributed by atoms with Gasteiger partial charge in [-0.1, -0.05) is 60.7 Å². The standard InChI is InChI=1S/C26H22N2O2/c1-2-10-22(11-3-1)29-17-16-28-25-13-7-6-12-24(25)27-26(28)19-30-23-15-14-20-8-4-5-9-21(20)18-23/h1-15,18H,16-17,19H2. The van der Waals surface area contributed by atoms with E-state index < -0.39 is 0 Å². The maximum absolute atomic E-state index is 6.11. The van der Waals surface area contributed by atoms with Gasteiger partial charge in [-0.3, -0.25) is 0 Å². The Bertz CT molecular complexity index is 1280. The minimum Gasteiger partial charge on any atom is -0.492 e. The lowest BCUT2D eigenvalue weighted by molar-refractivity contribution is 0.272. The molecule has 1 aromatic heterocycles. The molecule has 0 N–H and O–H groups in total. The highest BCUT2D eigenvalue weighted by Crippen LogP contribution is 2.23. The molecule has 0 unspecified atom stereocenters. The molecule has 1 heterocycles. The van der Waals surface area contributed by atoms with E-state index in [2.05, 4.69) is 34.9 Å². The predicted molar refractivity (Wildman–Crippen MR) is 120 cm³/mol. The summed E-state index contributed by atoms with van der Waals surface area (Å²) in [5.74, 6) is 2.60. The van der Waals surface area contributed by atoms with Crippen molar-refractivity contribution in [2.45, 2.75) is 13.2 Å². The van der Waals surface area contributed by atoms with E-state index in [4.69, 9.17) is 14.5 Å². The number of rotatable bonds is 7. The first-order valence-corrected chi connectivity index (χ1v) is 10.1. The molecule has 0 saturated heterocycles. The zero-order valence-corrected chi connectivity index (χ0v) is 16.6. The molecular formula is C26H22N2O2. The second-order valence-electron chi connectivity index (χ2n) is 7.13. The second-order valence-corrected chi connectivity index (χ2v) is 7.13. The number of nitrogens with zero attached hydrogens (tertiary/aromatic N) is 2. The van der Waals surface area contributed by atoms with E-state index in [9.17, 15) is 0 Å². The van der Waals surface area contributed by atoms with Crippen LogP contribution in [0.2, 0.25) is 0 Å². The van der Waals surface area contributed by atoms with Gasteiger partial charge in [0.05, 0.1) is 17.6 Å². The molecule has 0 radical (unpaired) electrons. The summed E-state index contributed by atoms with van der Waals surface area (Å²) in [5.41, 5.74) is 2.06. The van der Waals surface area contributed by atoms with Crippen LogP contribution in [-0.2, 0) is 13.2 Å². The summed E-state index contributed by atoms with van der Waals surface area (Å²) in [6, 6.07) is 32.5. The van der Waals surface area contributed by atoms with E-state index in [0.29, 0.717) is 19.8 Å². The molecule has 0 aliphatic heterocycles. The molecule has 0 spiro atoms. The Labute approximate surface area is 175 Å². The summed E-state index contributed by atoms with van der Waals surface area (Å²) < 4.78 is 14.2. The highest BCUT2D eigenvalue weighted by atomic mass is 16.5. The summed E-state index contributed by atoms with van der Waals surface area (Å²) in [6.45, 7) is 1.66. The third-order valence-electron chi connectivity index (χ3n) is 5.15. The van der Waals surface area contributed by atoms with Gasteiger partial charge in [0.25, 0.3) is 0 Å². The van der Waals surface area contributed by atoms with Crippen LogP contribution in [0.15, 0.2) is 97.1 Å². The van der Waals surface area contributed by atoms with Gasteiger partial charge in [0.15, 0.2) is 0 Å². The molecule has 0 bridgehead atoms. The number of ether oxygens (including phenoxy) is 2. The average molecular weight is 394 g/mol. The lowest BCUT2D eigenvalue weighted by Gasteiger charge is -2.12. The summed E-state index contributed by atoms with van der Waals surface area (Å²) in [7, 11) is 0. The van der Waals surface area contributed by atoms with Gasteiger partial charge in [0.1, 0.15) is 30.5 Å². The van der Waals surface area contributed by atoms with Crippen LogP contribution < -0.4 is 9.47 Å². The molecule has 0 saturated carbocycles. The van der Waals surface area contributed by atoms with Crippen molar-refractivity contribution in [3.05, 3.63) is 103 Å². The zero-order chi connectivity index (χ0) is 20.2. The summed E-state index contributed by atoms with van der Waals surface area (Å²) in [5, 5.41) is 2.37. The Hall–Kier alpha value is -3.79. The van der Waals surface area contributed by atoms with Gasteiger partial charge >= 0.3 is 0 Å². The van der Waals surface area contributed by atoms with E-state index in [1.165, 1.54) is 10.8 Å². The number of aromatic nitrogens is 2. The maximum atomic E-state index is 6.11. The van der Waals surface area contributed by atoms with Gasteiger partial charge in [-0.15, -0.1) is 0 Å². The van der Waals surface area contributed by atoms with Gasteiger partial charge in [0, 0.05) is 0 Å². The minimum atomic E-state index is 0.401. The highest BCUT2D eigenvalue weighted by Gasteiger charge is 2.11. The fourth-order valence-electron chi connectivity index (χ4n) is 3.66. The van der Waals surface area contributed by atoms with Crippen molar-refractivity contribution in [2.75, 3.05) is 6.61 Å². The fourth-order valence-corrected chi connectivity index (χ4v) is 3.66. The van der Waals surface area contributed by atoms with Crippen molar-refractivity contribution in [3.63, 3.8) is 0 Å². The van der Waals surface area contributed by atoms with Crippen LogP contribution in [0, 0.1) is 0 Å². The summed E-state index contributed by atoms with van der Waals surface area (Å²) in [4.78, 5) is 4.80. The van der Waals surface area contributed by atoms with E-state index in [1.807, 2.05) is 66.7 Å². The number of imidazole rings is 1. The molecule has 0 aliphatic rings. The van der Waals surface area contributed by atoms with Crippen molar-refractivity contribution in [1.82, 2.24) is 9.55 Å². The molecule has 0 atom stereocenters. The first-order valence-electron chi connectivity index (χ1n) is 10.1. The van der Waals surface area contributed by atoms with Crippen molar-refractivity contribution in [1.29, 1.82) is 0 Å². The van der Waals surface area contributed by atoms with Crippen LogP contribution in [0.5, 0.6) is 11.5 Å². The highest BCUT2D eigenvalue weighted by molar-refractivity contribution is 5.83. The third kappa shape index (κ3) is 3.85. The van der Waals surface area contributed by atoms with Crippen LogP contribution in [0.4, 0.5) is 0 Å². The second kappa shape index (κ2) is 8.29. The van der Waals surface area contributed by atoms with Gasteiger partial charge in [-0.25, -0.2) is 4.98 Å². The molecule has 4 heteroatoms. The Morgan fingerprint density at radius 3 is 2.33 bits per heavy atom. The number of fused-ring (bicyclic) bond motifs is 2. The molecular weight excluding hydrogens is 372 g/mol. The van der Waals surface area contributed by atoms with Crippen molar-refractivity contribution in [3.8, 4) is 11.5 Å². The first-order chi connectivity index (χ1) is 14.9. The summed E-state index contributed by atoms with van der Waals surface area (Å²) >= 11 is 0. The minimum absolute atomic E-state index is 0.401. The Morgan fingerprint density at radius 1 is 0.667 bits per heavy atom. The molecule has 5 rings (SSSR count). The van der Waals surface area contributed by atoms with E-state index in [-0.39, 0.29) is 0 Å². The SMILES string of the molecule is c1ccc(OCCn2c(COc3ccc4ccccc4c3)nc3ccccc32)cc1. The quantitative estimate of drug-likeness (QED) is 0.347. The topological polar surface area (TPSA) is 36.3 Å². The van der Waals surface area contributed by atoms with Gasteiger partial charge in [0.2, 0.25) is 0 Å². The van der Waals surface area contributed by atoms with E-state index in [1.54, 1.807) is 0 Å². The number of benzene rings is 4. The Kier molecular flexibility index (Phi) is 5.05. The molecule has 0 aliphatic carbocycles. The van der Waals surface area contributed by atoms with E-state index >= 15 is 0 Å². The number of para-hydroxylation sites is 3. The van der Waals surface area contributed by atoms with Crippen molar-refractivity contribution >= 4 is 21.8 Å². The van der Waals surface area contributed by atoms with Crippen LogP contribution in [-0.4, -0.2) is 16.2 Å². The number of hydrogen-bond acceptors (Lipinski definition) is 3. The smallest absolute Gasteiger partial charge is 0.148 e. The predicted octanol–water partition coefficient (Wildman–Crippen LogP) is 5.85. The lowest BCUT2D eigenvalue weighted by atomic mass is 10.1. The fraction of sp³-hybridized carbons (Fsp3) is 0.115. The van der Waals surface area contributed by atoms with Crippen LogP contribution >= 0.6 is 0 Å². The molecule has 4 nitrogen and oxygen atoms in total. The molecule has 4 aromatic carbocycles. The zero-order valence-electron chi connectivity index (χ0n) is 16.6. The van der Waals surface area contributed by atoms with Crippen LogP contribution in [0.1, 0.15) is 5.82 Å². The first kappa shape index (κ1) is 18.3. The maximum Gasteiger partial charge on any atom is 0.148 e. The molecule has 148 valence electrons. The lowest BCUT2D eigenvalue weighted by Crippen LogP contribution is -2.13. The van der Waals surface area contributed by atoms with Gasteiger partial charge in [-0.05, 0) is 47.2 Å². The molecule has 0 fully saturated rings. The summed E-state index contributed by atoms with van der Waals surface area (Å²) in [6.07, 6.45) is 0. The van der Waals surface area contributed by atoms with Crippen LogP contribution in [0.3, 0.4) is 0 Å². The van der Waals surface area contributed by atoms with Crippen molar-refractivity contribution in [2.24, 2.45) is 0 Å². The van der Waals surface area contributed by atoms with Gasteiger partial charge < -0.3 is 14.0 Å². The molecule has 30 heavy (non-hydrogen) atoms. The average Bonchev–Trinajstić information content (AvgIpc) is 3.16. The monoisotopic (exact) mass is 394 g/mol. The molecule has 0 amide bonds. The third-order valence-corrected chi connectivity index (χ3v) is 5.15. The van der Waals surface area contributed by atoms with Gasteiger partial charge in [-0.2, -0.15) is 0 Å². The Balaban J connectivity index is 1.35. The number of hydrogen-bond donors (Lipinski definition) is 0. The van der Waals surface area contributed by atoms with Crippen molar-refractivity contribution < 1.29 is 9.47 Å². The van der Waals surface area contributed by atoms with E-state index in [0.717, 1.165) is 28.4 Å². The largest absolute Gasteiger partial charge is 0.492 e. The Morgan fingerprint density at radius 2 is 1.43 bits per heavy atom. The normalized spacial score (nSPS) is 11.1. The van der Waals surface area contributed by atoms with Crippen LogP contribution in [0.25, 0.3) is 21.8 Å².